The molecule has 0 N–H and O–H groups in total. The number of nitro benzene ring substituents is 6. The van der Waals surface area contributed by atoms with Gasteiger partial charge in [0, 0.05) is 125 Å². The van der Waals surface area contributed by atoms with E-state index >= 15 is 0 Å². The van der Waals surface area contributed by atoms with Crippen LogP contribution >= 0.6 is 11.6 Å². The van der Waals surface area contributed by atoms with Gasteiger partial charge in [0.1, 0.15) is 65.6 Å². The van der Waals surface area contributed by atoms with Gasteiger partial charge in [0.15, 0.2) is 6.07 Å². The van der Waals surface area contributed by atoms with Gasteiger partial charge in [-0.3, -0.25) is 69.9 Å². The van der Waals surface area contributed by atoms with E-state index in [1.807, 2.05) is 26.2 Å². The number of halogens is 4. The number of likely N-dealkylation sites (N-methyl/N-ethyl adjacent to an activating group) is 2. The summed E-state index contributed by atoms with van der Waals surface area (Å²) in [6.45, 7) is 9.04. The smallest absolute Gasteiger partial charge is 1.00 e. The minimum absolute atomic E-state index is 0. The van der Waals surface area contributed by atoms with Crippen LogP contribution < -0.4 is 68.6 Å². The van der Waals surface area contributed by atoms with Crippen LogP contribution in [0.3, 0.4) is 0 Å². The molecule has 2 aliphatic heterocycles. The maximum atomic E-state index is 12.4. The largest absolute Gasteiger partial charge is 1.00 e. The standard InChI is InChI=1S/C35H43N5O11.C19H21ClN3O7.C16H22N2O4.CH3F.2BrH.Na/c1-39(24-28-7-13-31(14-8-28)36(43)44,25-29-9-15-32(16-10-29)37(45)46)22-23-49-35(42)51-27-50-34(41)6-5-21-40(19-3-2-4-20-40)26-30-11-17-33(18-12-30)38(47)48;1-23(10-11-29-19(24)30-14-20,12-15-2-6-17(7-3-15)21(25)26)13-16-4-8-18(9-5-16)22(27)28;19-16(20)5-4-12-18(10-2-1-3-11-18)13-14-6-8-15(9-7-14)17(21)22;1-2;;;/h7-18H,2-6,19-27H2,1H3;2-9H,10-14H2,1H3;6-9H,1-5,10-13H2;1H3;2*1H;/q+2;+1;;;;;+1/p-2/i;;;1D;;;. The van der Waals surface area contributed by atoms with Crippen molar-refractivity contribution in [3.05, 3.63) is 240 Å². The predicted octanol–water partition coefficient (Wildman–Crippen LogP) is 3.42. The molecule has 0 aromatic heterocycles. The Morgan fingerprint density at radius 1 is 0.435 bits per heavy atom. The number of nitrogens with zero attached hydrogens (tertiary/aromatic N) is 10. The summed E-state index contributed by atoms with van der Waals surface area (Å²) in [4.78, 5) is 110. The van der Waals surface area contributed by atoms with E-state index in [0.29, 0.717) is 61.1 Å². The molecule has 108 heavy (non-hydrogen) atoms. The molecule has 6 aromatic carbocycles. The summed E-state index contributed by atoms with van der Waals surface area (Å²) in [7, 11) is 2.83. The topological polar surface area (TPSA) is 396 Å². The number of quaternary nitrogens is 4. The maximum absolute atomic E-state index is 12.4. The third-order valence-electron chi connectivity index (χ3n) is 18.0. The van der Waals surface area contributed by atoms with Crippen molar-refractivity contribution in [3.8, 4) is 0 Å². The van der Waals surface area contributed by atoms with Gasteiger partial charge in [-0.05, 0) is 118 Å². The van der Waals surface area contributed by atoms with Crippen molar-refractivity contribution in [2.45, 2.75) is 103 Å². The fourth-order valence-corrected chi connectivity index (χ4v) is 12.8. The number of non-ortho nitro benzene ring substituents is 6. The molecule has 6 aromatic rings. The van der Waals surface area contributed by atoms with Crippen LogP contribution in [0.1, 0.15) is 99.0 Å². The molecule has 0 aliphatic carbocycles. The summed E-state index contributed by atoms with van der Waals surface area (Å²) < 4.78 is 42.7. The monoisotopic (exact) mass is 1670 g/mol. The molecule has 32 nitrogen and oxygen atoms in total. The minimum atomic E-state index is -1.01. The number of carboxylic acids is 1. The number of nitro groups is 6. The molecule has 0 atom stereocenters. The van der Waals surface area contributed by atoms with Gasteiger partial charge in [0.25, 0.3) is 34.1 Å². The molecule has 2 fully saturated rings. The maximum Gasteiger partial charge on any atom is 1.00 e. The molecule has 0 radical (unpaired) electrons. The van der Waals surface area contributed by atoms with Crippen molar-refractivity contribution in [1.29, 1.82) is 0 Å². The van der Waals surface area contributed by atoms with E-state index in [2.05, 4.69) is 4.74 Å². The quantitative estimate of drug-likeness (QED) is 0.00804. The summed E-state index contributed by atoms with van der Waals surface area (Å²) in [6, 6.07) is 37.7. The second-order valence-electron chi connectivity index (χ2n) is 26.1. The third-order valence-corrected chi connectivity index (χ3v) is 18.1. The zero-order valence-electron chi connectivity index (χ0n) is 61.3. The molecule has 0 bridgehead atoms. The van der Waals surface area contributed by atoms with E-state index in [9.17, 15) is 89.4 Å². The zero-order chi connectivity index (χ0) is 77.7. The van der Waals surface area contributed by atoms with E-state index in [0.717, 1.165) is 127 Å². The number of carbonyl (C=O) groups is 4. The summed E-state index contributed by atoms with van der Waals surface area (Å²) in [5, 5.41) is 76.2. The average Bonchev–Trinajstić information content (AvgIpc) is 0.839. The normalized spacial score (nSPS) is 13.3. The summed E-state index contributed by atoms with van der Waals surface area (Å²) >= 11 is 5.33. The molecule has 2 heterocycles. The minimum Gasteiger partial charge on any atom is -1.00 e. The SMILES string of the molecule is C[N+](CCOC(=O)OCCl)(Cc1ccc([N+](=O)[O-])cc1)Cc1ccc([N+](=O)[O-])cc1.C[N+](CCOC(=O)OCOC(=O)CCC[N+]1(Cc2ccc([N+](=O)[O-])cc2)CCCCC1)(Cc1ccc([N+](=O)[O-])cc1)Cc1ccc([N+](=O)[O-])cc1.O=C([O-])CCC[N+]1(Cc2ccc([N+](=O)[O-])cc2)CCCCC1.[2H]CF.[Br-].[Br-].[Na+]. The number of esters is 1. The fraction of sp³-hybridized carbons (Fsp3) is 0.437. The summed E-state index contributed by atoms with van der Waals surface area (Å²) in [5.41, 5.74) is 5.46. The molecule has 37 heteroatoms. The Kier molecular flexibility index (Phi) is 42.0. The van der Waals surface area contributed by atoms with Crippen molar-refractivity contribution in [3.63, 3.8) is 0 Å². The Labute approximate surface area is 673 Å². The van der Waals surface area contributed by atoms with E-state index in [1.54, 1.807) is 60.7 Å². The molecular weight excluding hydrogens is 1580 g/mol. The van der Waals surface area contributed by atoms with Crippen LogP contribution in [-0.2, 0) is 72.5 Å². The molecular formula is C71H89Br2ClFN10NaO22+2. The number of hydrogen-bond donors (Lipinski definition) is 0. The first-order chi connectivity index (χ1) is 50.5. The second-order valence-corrected chi connectivity index (χ2v) is 26.3. The molecule has 0 amide bonds. The first-order valence-electron chi connectivity index (χ1n) is 34.3. The van der Waals surface area contributed by atoms with Crippen molar-refractivity contribution < 1.29 is 165 Å². The Morgan fingerprint density at radius 2 is 0.694 bits per heavy atom. The van der Waals surface area contributed by atoms with Crippen molar-refractivity contribution in [2.75, 3.05) is 99.7 Å². The number of ether oxygens (including phenoxy) is 5. The Morgan fingerprint density at radius 3 is 0.954 bits per heavy atom. The van der Waals surface area contributed by atoms with Gasteiger partial charge in [-0.2, -0.15) is 0 Å². The van der Waals surface area contributed by atoms with Crippen LogP contribution in [0, 0.1) is 60.7 Å². The van der Waals surface area contributed by atoms with Crippen molar-refractivity contribution >= 4 is 70.0 Å². The summed E-state index contributed by atoms with van der Waals surface area (Å²) in [6.07, 6.45) is 6.35. The van der Waals surface area contributed by atoms with E-state index < -0.39 is 67.7 Å². The van der Waals surface area contributed by atoms with Gasteiger partial charge in [-0.15, -0.1) is 0 Å². The van der Waals surface area contributed by atoms with Crippen molar-refractivity contribution in [1.82, 2.24) is 0 Å². The fourth-order valence-electron chi connectivity index (χ4n) is 12.8. The number of hydrogen-bond acceptors (Lipinski definition) is 22. The van der Waals surface area contributed by atoms with Crippen LogP contribution in [-0.4, -0.2) is 171 Å². The Bertz CT molecular complexity index is 3740. The second kappa shape index (κ2) is 48.6. The molecule has 0 unspecified atom stereocenters. The Balaban J connectivity index is 0.000000589. The number of carboxylic acid groups (broad SMARTS) is 1. The number of benzene rings is 6. The van der Waals surface area contributed by atoms with Gasteiger partial charge in [0.05, 0.1) is 97.8 Å². The molecule has 582 valence electrons. The molecule has 8 rings (SSSR count). The Hall–Kier alpha value is -8.78. The van der Waals surface area contributed by atoms with Gasteiger partial charge in [0.2, 0.25) is 6.79 Å². The molecule has 0 saturated carbocycles. The molecule has 2 saturated heterocycles. The average molecular weight is 1670 g/mol. The van der Waals surface area contributed by atoms with Gasteiger partial charge < -0.3 is 85.5 Å². The number of carbonyl (C=O) groups excluding carboxylic acids is 4. The molecule has 2 aliphatic rings. The van der Waals surface area contributed by atoms with Crippen LogP contribution in [0.2, 0.25) is 0 Å². The van der Waals surface area contributed by atoms with Crippen molar-refractivity contribution in [2.24, 2.45) is 0 Å². The van der Waals surface area contributed by atoms with Crippen LogP contribution in [0.15, 0.2) is 146 Å². The number of alkyl halides is 2. The summed E-state index contributed by atoms with van der Waals surface area (Å²) in [5.74, 6) is -1.51. The van der Waals surface area contributed by atoms with E-state index in [-0.39, 0.29) is 130 Å². The number of likely N-dealkylation sites (tertiary alicyclic amines) is 2. The third kappa shape index (κ3) is 34.2. The first kappa shape index (κ1) is 93.4. The number of piperidine rings is 2. The van der Waals surface area contributed by atoms with Crippen LogP contribution in [0.5, 0.6) is 0 Å². The first-order valence-corrected chi connectivity index (χ1v) is 34.2. The van der Waals surface area contributed by atoms with Crippen LogP contribution in [0.4, 0.5) is 48.1 Å². The van der Waals surface area contributed by atoms with Gasteiger partial charge >= 0.3 is 47.8 Å². The molecule has 0 spiro atoms. The van der Waals surface area contributed by atoms with Gasteiger partial charge in [-0.1, -0.05) is 11.6 Å². The van der Waals surface area contributed by atoms with Crippen LogP contribution in [0.25, 0.3) is 0 Å². The zero-order valence-corrected chi connectivity index (χ0v) is 66.3. The number of aliphatic carboxylic acids is 1. The van der Waals surface area contributed by atoms with E-state index in [1.165, 1.54) is 79.2 Å². The van der Waals surface area contributed by atoms with E-state index in [4.69, 9.17) is 31.9 Å². The predicted molar refractivity (Wildman–Crippen MR) is 377 cm³/mol. The number of rotatable bonds is 35. The van der Waals surface area contributed by atoms with Gasteiger partial charge in [-0.25, -0.2) is 9.59 Å².